The molecule has 1 aromatic carbocycles. The molecule has 1 heteroatoms. The van der Waals surface area contributed by atoms with Gasteiger partial charge in [0.25, 0.3) is 0 Å². The Morgan fingerprint density at radius 1 is 1.33 bits per heavy atom. The van der Waals surface area contributed by atoms with Crippen LogP contribution in [-0.2, 0) is 6.42 Å². The summed E-state index contributed by atoms with van der Waals surface area (Å²) in [5.41, 5.74) is 3.04. The van der Waals surface area contributed by atoms with E-state index in [1.165, 1.54) is 18.4 Å². The fourth-order valence-electron chi connectivity index (χ4n) is 2.15. The van der Waals surface area contributed by atoms with E-state index in [0.29, 0.717) is 11.8 Å². The van der Waals surface area contributed by atoms with Gasteiger partial charge in [-0.05, 0) is 54.7 Å². The van der Waals surface area contributed by atoms with Gasteiger partial charge in [0.05, 0.1) is 0 Å². The van der Waals surface area contributed by atoms with Gasteiger partial charge < -0.3 is 0 Å². The van der Waals surface area contributed by atoms with Crippen molar-refractivity contribution in [2.45, 2.75) is 46.0 Å². The zero-order valence-corrected chi connectivity index (χ0v) is 9.81. The van der Waals surface area contributed by atoms with E-state index in [9.17, 15) is 4.39 Å². The summed E-state index contributed by atoms with van der Waals surface area (Å²) in [6.07, 6.45) is 3.36. The van der Waals surface area contributed by atoms with Crippen molar-refractivity contribution in [2.75, 3.05) is 0 Å². The molecule has 15 heavy (non-hydrogen) atoms. The van der Waals surface area contributed by atoms with E-state index in [2.05, 4.69) is 19.9 Å². The van der Waals surface area contributed by atoms with Crippen LogP contribution in [-0.4, -0.2) is 0 Å². The molecule has 2 rings (SSSR count). The maximum Gasteiger partial charge on any atom is 0.129 e. The van der Waals surface area contributed by atoms with Gasteiger partial charge in [-0.1, -0.05) is 26.0 Å². The van der Waals surface area contributed by atoms with Crippen LogP contribution >= 0.6 is 0 Å². The third-order valence-electron chi connectivity index (χ3n) is 3.10. The molecule has 0 nitrogen and oxygen atoms in total. The molecule has 1 aliphatic rings. The second kappa shape index (κ2) is 3.96. The van der Waals surface area contributed by atoms with E-state index in [-0.39, 0.29) is 5.82 Å². The van der Waals surface area contributed by atoms with E-state index < -0.39 is 0 Å². The van der Waals surface area contributed by atoms with Crippen LogP contribution < -0.4 is 0 Å². The molecule has 1 aliphatic carbocycles. The van der Waals surface area contributed by atoms with Crippen LogP contribution in [0.25, 0.3) is 0 Å². The molecule has 0 radical (unpaired) electrons. The van der Waals surface area contributed by atoms with Crippen LogP contribution in [0.5, 0.6) is 0 Å². The van der Waals surface area contributed by atoms with Crippen molar-refractivity contribution in [3.8, 4) is 0 Å². The minimum Gasteiger partial charge on any atom is -0.206 e. The summed E-state index contributed by atoms with van der Waals surface area (Å²) in [5, 5.41) is 0. The second-order valence-corrected chi connectivity index (χ2v) is 5.14. The number of benzene rings is 1. The van der Waals surface area contributed by atoms with Crippen LogP contribution in [0.3, 0.4) is 0 Å². The summed E-state index contributed by atoms with van der Waals surface area (Å²) in [6, 6.07) is 4.06. The molecule has 0 atom stereocenters. The highest BCUT2D eigenvalue weighted by molar-refractivity contribution is 5.38. The number of hydrogen-bond donors (Lipinski definition) is 0. The Morgan fingerprint density at radius 2 is 2.00 bits per heavy atom. The molecule has 0 heterocycles. The zero-order chi connectivity index (χ0) is 11.0. The first-order valence-corrected chi connectivity index (χ1v) is 5.87. The minimum atomic E-state index is 0.0353. The maximum atomic E-state index is 14.0. The number of aryl methyl sites for hydroxylation is 1. The summed E-state index contributed by atoms with van der Waals surface area (Å²) in [5.74, 6) is 1.21. The normalized spacial score (nSPS) is 16.1. The van der Waals surface area contributed by atoms with Crippen molar-refractivity contribution in [3.05, 3.63) is 34.6 Å². The average Bonchev–Trinajstić information content (AvgIpc) is 2.96. The van der Waals surface area contributed by atoms with Crippen LogP contribution in [0.1, 0.15) is 49.3 Å². The molecular weight excluding hydrogens is 187 g/mol. The van der Waals surface area contributed by atoms with Crippen molar-refractivity contribution >= 4 is 0 Å². The monoisotopic (exact) mass is 206 g/mol. The third-order valence-corrected chi connectivity index (χ3v) is 3.10. The molecule has 0 unspecified atom stereocenters. The van der Waals surface area contributed by atoms with Crippen molar-refractivity contribution in [1.29, 1.82) is 0 Å². The van der Waals surface area contributed by atoms with E-state index in [1.54, 1.807) is 0 Å². The fraction of sp³-hybridized carbons (Fsp3) is 0.571. The Hall–Kier alpha value is -0.850. The van der Waals surface area contributed by atoms with Gasteiger partial charge in [-0.25, -0.2) is 4.39 Å². The molecule has 82 valence electrons. The molecule has 0 aromatic heterocycles. The van der Waals surface area contributed by atoms with Crippen LogP contribution in [0.4, 0.5) is 4.39 Å². The predicted molar refractivity (Wildman–Crippen MR) is 61.7 cm³/mol. The average molecular weight is 206 g/mol. The van der Waals surface area contributed by atoms with Crippen molar-refractivity contribution < 1.29 is 4.39 Å². The fourth-order valence-corrected chi connectivity index (χ4v) is 2.15. The predicted octanol–water partition coefficient (Wildman–Crippen LogP) is 4.21. The lowest BCUT2D eigenvalue weighted by molar-refractivity contribution is 0.563. The van der Waals surface area contributed by atoms with Gasteiger partial charge in [0.15, 0.2) is 0 Å². The van der Waals surface area contributed by atoms with Crippen LogP contribution in [0.2, 0.25) is 0 Å². The smallest absolute Gasteiger partial charge is 0.129 e. The van der Waals surface area contributed by atoms with E-state index >= 15 is 0 Å². The first-order valence-electron chi connectivity index (χ1n) is 5.87. The first kappa shape index (κ1) is 10.7. The summed E-state index contributed by atoms with van der Waals surface area (Å²) in [4.78, 5) is 0. The SMILES string of the molecule is Cc1ccc(C2CC2)c(CC(C)C)c1F. The van der Waals surface area contributed by atoms with Crippen molar-refractivity contribution in [1.82, 2.24) is 0 Å². The molecule has 0 N–H and O–H groups in total. The lowest BCUT2D eigenvalue weighted by Gasteiger charge is -2.13. The van der Waals surface area contributed by atoms with Gasteiger partial charge in [0, 0.05) is 0 Å². The van der Waals surface area contributed by atoms with Gasteiger partial charge in [-0.2, -0.15) is 0 Å². The lowest BCUT2D eigenvalue weighted by Crippen LogP contribution is -2.03. The Bertz CT molecular complexity index is 362. The van der Waals surface area contributed by atoms with Gasteiger partial charge >= 0.3 is 0 Å². The Morgan fingerprint density at radius 3 is 2.53 bits per heavy atom. The van der Waals surface area contributed by atoms with Crippen LogP contribution in [0.15, 0.2) is 12.1 Å². The van der Waals surface area contributed by atoms with E-state index in [4.69, 9.17) is 0 Å². The molecule has 0 amide bonds. The third kappa shape index (κ3) is 2.22. The Labute approximate surface area is 91.5 Å². The molecule has 0 saturated heterocycles. The van der Waals surface area contributed by atoms with Gasteiger partial charge in [-0.3, -0.25) is 0 Å². The molecule has 0 aliphatic heterocycles. The highest BCUT2D eigenvalue weighted by Gasteiger charge is 2.27. The summed E-state index contributed by atoms with van der Waals surface area (Å²) >= 11 is 0. The summed E-state index contributed by atoms with van der Waals surface area (Å²) in [6.45, 7) is 6.16. The van der Waals surface area contributed by atoms with Crippen LogP contribution in [0, 0.1) is 18.7 Å². The minimum absolute atomic E-state index is 0.0353. The molecule has 1 aromatic rings. The molecule has 1 fully saturated rings. The standard InChI is InChI=1S/C14H19F/c1-9(2)8-13-12(11-5-6-11)7-4-10(3)14(13)15/h4,7,9,11H,5-6,8H2,1-3H3. The Kier molecular flexibility index (Phi) is 2.81. The number of halogens is 1. The van der Waals surface area contributed by atoms with E-state index in [0.717, 1.165) is 17.5 Å². The maximum absolute atomic E-state index is 14.0. The summed E-state index contributed by atoms with van der Waals surface area (Å²) in [7, 11) is 0. The highest BCUT2D eigenvalue weighted by atomic mass is 19.1. The van der Waals surface area contributed by atoms with Gasteiger partial charge in [-0.15, -0.1) is 0 Å². The molecule has 0 spiro atoms. The Balaban J connectivity index is 2.40. The highest BCUT2D eigenvalue weighted by Crippen LogP contribution is 2.43. The van der Waals surface area contributed by atoms with E-state index in [1.807, 2.05) is 13.0 Å². The van der Waals surface area contributed by atoms with Crippen molar-refractivity contribution in [2.24, 2.45) is 5.92 Å². The van der Waals surface area contributed by atoms with Gasteiger partial charge in [0.2, 0.25) is 0 Å². The molecule has 1 saturated carbocycles. The quantitative estimate of drug-likeness (QED) is 0.695. The topological polar surface area (TPSA) is 0 Å². The number of rotatable bonds is 3. The number of hydrogen-bond acceptors (Lipinski definition) is 0. The summed E-state index contributed by atoms with van der Waals surface area (Å²) < 4.78 is 14.0. The van der Waals surface area contributed by atoms with Crippen molar-refractivity contribution in [3.63, 3.8) is 0 Å². The molecule has 0 bridgehead atoms. The van der Waals surface area contributed by atoms with Gasteiger partial charge in [0.1, 0.15) is 5.82 Å². The lowest BCUT2D eigenvalue weighted by atomic mass is 9.93. The second-order valence-electron chi connectivity index (χ2n) is 5.14. The molecular formula is C14H19F. The zero-order valence-electron chi connectivity index (χ0n) is 9.81. The first-order chi connectivity index (χ1) is 7.09. The largest absolute Gasteiger partial charge is 0.206 e.